The molecule has 0 aliphatic carbocycles. The van der Waals surface area contributed by atoms with Crippen LogP contribution in [0, 0.1) is 12.8 Å². The largest absolute Gasteiger partial charge is 0.343 e. The summed E-state index contributed by atoms with van der Waals surface area (Å²) in [7, 11) is 0. The Hall–Kier alpha value is -1.36. The molecule has 1 N–H and O–H groups in total. The molecule has 3 rings (SSSR count). The molecule has 2 aliphatic rings. The third-order valence-corrected chi connectivity index (χ3v) is 4.94. The molecule has 0 atom stereocenters. The van der Waals surface area contributed by atoms with Crippen molar-refractivity contribution in [2.45, 2.75) is 45.6 Å². The molecule has 0 radical (unpaired) electrons. The molecular formula is C16H26N4O. The number of hydrogen-bond donors (Lipinski definition) is 1. The highest BCUT2D eigenvalue weighted by atomic mass is 16.2. The first kappa shape index (κ1) is 14.6. The molecule has 0 unspecified atom stereocenters. The number of carbonyl (C=O) groups excluding carboxylic acids is 1. The average molecular weight is 290 g/mol. The van der Waals surface area contributed by atoms with E-state index < -0.39 is 0 Å². The zero-order valence-electron chi connectivity index (χ0n) is 13.0. The van der Waals surface area contributed by atoms with Gasteiger partial charge in [0.05, 0.1) is 11.9 Å². The third kappa shape index (κ3) is 3.64. The summed E-state index contributed by atoms with van der Waals surface area (Å²) in [5.74, 6) is 0.965. The zero-order valence-corrected chi connectivity index (χ0v) is 13.0. The van der Waals surface area contributed by atoms with Gasteiger partial charge >= 0.3 is 0 Å². The van der Waals surface area contributed by atoms with E-state index in [0.29, 0.717) is 11.8 Å². The van der Waals surface area contributed by atoms with Crippen molar-refractivity contribution in [1.82, 2.24) is 20.0 Å². The maximum Gasteiger partial charge on any atom is 0.222 e. The third-order valence-electron chi connectivity index (χ3n) is 4.94. The molecule has 0 saturated carbocycles. The van der Waals surface area contributed by atoms with Crippen LogP contribution >= 0.6 is 0 Å². The van der Waals surface area contributed by atoms with E-state index in [1.807, 2.05) is 6.20 Å². The lowest BCUT2D eigenvalue weighted by Crippen LogP contribution is -2.36. The second-order valence-corrected chi connectivity index (χ2v) is 6.54. The molecule has 21 heavy (non-hydrogen) atoms. The molecule has 2 saturated heterocycles. The smallest absolute Gasteiger partial charge is 0.222 e. The molecule has 1 amide bonds. The highest BCUT2D eigenvalue weighted by molar-refractivity contribution is 5.76. The normalized spacial score (nSPS) is 21.1. The summed E-state index contributed by atoms with van der Waals surface area (Å²) in [6, 6.07) is 0. The van der Waals surface area contributed by atoms with Crippen molar-refractivity contribution in [2.75, 3.05) is 26.2 Å². The number of likely N-dealkylation sites (tertiary alicyclic amines) is 2. The van der Waals surface area contributed by atoms with Gasteiger partial charge in [0.15, 0.2) is 0 Å². The molecule has 3 heterocycles. The quantitative estimate of drug-likeness (QED) is 0.922. The van der Waals surface area contributed by atoms with Crippen LogP contribution in [-0.2, 0) is 11.3 Å². The lowest BCUT2D eigenvalue weighted by atomic mass is 9.93. The Kier molecular flexibility index (Phi) is 4.58. The molecule has 2 fully saturated rings. The predicted octanol–water partition coefficient (Wildman–Crippen LogP) is 1.94. The van der Waals surface area contributed by atoms with Crippen LogP contribution in [0.1, 0.15) is 43.4 Å². The second-order valence-electron chi connectivity index (χ2n) is 6.54. The first-order valence-electron chi connectivity index (χ1n) is 8.21. The summed E-state index contributed by atoms with van der Waals surface area (Å²) < 4.78 is 0. The number of hydrogen-bond acceptors (Lipinski definition) is 3. The number of carbonyl (C=O) groups is 1. The summed E-state index contributed by atoms with van der Waals surface area (Å²) in [5.41, 5.74) is 2.46. The first-order valence-corrected chi connectivity index (χ1v) is 8.21. The Labute approximate surface area is 126 Å². The van der Waals surface area contributed by atoms with Crippen LogP contribution < -0.4 is 0 Å². The fourth-order valence-corrected chi connectivity index (χ4v) is 3.45. The monoisotopic (exact) mass is 290 g/mol. The van der Waals surface area contributed by atoms with E-state index >= 15 is 0 Å². The number of aromatic nitrogens is 2. The van der Waals surface area contributed by atoms with Gasteiger partial charge in [-0.2, -0.15) is 5.10 Å². The van der Waals surface area contributed by atoms with E-state index in [9.17, 15) is 4.79 Å². The number of nitrogens with zero attached hydrogens (tertiary/aromatic N) is 3. The Balaban J connectivity index is 1.42. The Morgan fingerprint density at radius 3 is 2.62 bits per heavy atom. The van der Waals surface area contributed by atoms with Gasteiger partial charge in [-0.15, -0.1) is 0 Å². The minimum absolute atomic E-state index is 0.385. The van der Waals surface area contributed by atoms with Gasteiger partial charge < -0.3 is 4.90 Å². The van der Waals surface area contributed by atoms with Crippen LogP contribution in [0.4, 0.5) is 0 Å². The standard InChI is InChI=1S/C16H26N4O/c1-13-11-17-18-15(13)12-19-8-4-14(5-9-19)10-16(21)20-6-2-3-7-20/h11,14H,2-10,12H2,1H3,(H,17,18). The molecule has 0 aromatic carbocycles. The fourth-order valence-electron chi connectivity index (χ4n) is 3.45. The van der Waals surface area contributed by atoms with Crippen molar-refractivity contribution in [3.8, 4) is 0 Å². The van der Waals surface area contributed by atoms with Crippen molar-refractivity contribution >= 4 is 5.91 Å². The van der Waals surface area contributed by atoms with E-state index in [1.54, 1.807) is 0 Å². The number of piperidine rings is 1. The Morgan fingerprint density at radius 2 is 2.00 bits per heavy atom. The molecule has 0 spiro atoms. The van der Waals surface area contributed by atoms with Gasteiger partial charge in [-0.1, -0.05) is 0 Å². The number of nitrogens with one attached hydrogen (secondary N) is 1. The van der Waals surface area contributed by atoms with Gasteiger partial charge in [0, 0.05) is 26.1 Å². The van der Waals surface area contributed by atoms with Crippen molar-refractivity contribution in [1.29, 1.82) is 0 Å². The topological polar surface area (TPSA) is 52.2 Å². The molecule has 5 nitrogen and oxygen atoms in total. The van der Waals surface area contributed by atoms with Crippen molar-refractivity contribution in [2.24, 2.45) is 5.92 Å². The van der Waals surface area contributed by atoms with Crippen LogP contribution in [0.3, 0.4) is 0 Å². The zero-order chi connectivity index (χ0) is 14.7. The summed E-state index contributed by atoms with van der Waals surface area (Å²) in [6.07, 6.45) is 7.31. The van der Waals surface area contributed by atoms with Crippen molar-refractivity contribution in [3.63, 3.8) is 0 Å². The highest BCUT2D eigenvalue weighted by Crippen LogP contribution is 2.23. The molecule has 1 aromatic rings. The van der Waals surface area contributed by atoms with E-state index in [0.717, 1.165) is 52.0 Å². The lowest BCUT2D eigenvalue weighted by Gasteiger charge is -2.32. The van der Waals surface area contributed by atoms with Crippen LogP contribution in [-0.4, -0.2) is 52.1 Å². The lowest BCUT2D eigenvalue weighted by molar-refractivity contribution is -0.131. The average Bonchev–Trinajstić information content (AvgIpc) is 3.14. The minimum atomic E-state index is 0.385. The number of amides is 1. The van der Waals surface area contributed by atoms with Gasteiger partial charge in [0.25, 0.3) is 0 Å². The van der Waals surface area contributed by atoms with Crippen LogP contribution in [0.15, 0.2) is 6.20 Å². The summed E-state index contributed by atoms with van der Waals surface area (Å²) in [4.78, 5) is 16.7. The van der Waals surface area contributed by atoms with Gasteiger partial charge in [-0.3, -0.25) is 14.8 Å². The molecule has 116 valence electrons. The van der Waals surface area contributed by atoms with Crippen LogP contribution in [0.2, 0.25) is 0 Å². The molecular weight excluding hydrogens is 264 g/mol. The number of aromatic amines is 1. The van der Waals surface area contributed by atoms with Crippen molar-refractivity contribution in [3.05, 3.63) is 17.5 Å². The van der Waals surface area contributed by atoms with Gasteiger partial charge in [0.2, 0.25) is 5.91 Å². The van der Waals surface area contributed by atoms with Crippen LogP contribution in [0.25, 0.3) is 0 Å². The second kappa shape index (κ2) is 6.60. The van der Waals surface area contributed by atoms with Crippen LogP contribution in [0.5, 0.6) is 0 Å². The Morgan fingerprint density at radius 1 is 1.29 bits per heavy atom. The minimum Gasteiger partial charge on any atom is -0.343 e. The van der Waals surface area contributed by atoms with Crippen molar-refractivity contribution < 1.29 is 4.79 Å². The van der Waals surface area contributed by atoms with E-state index in [4.69, 9.17) is 0 Å². The first-order chi connectivity index (χ1) is 10.2. The van der Waals surface area contributed by atoms with E-state index in [1.165, 1.54) is 24.1 Å². The van der Waals surface area contributed by atoms with Gasteiger partial charge in [-0.25, -0.2) is 0 Å². The summed E-state index contributed by atoms with van der Waals surface area (Å²) >= 11 is 0. The molecule has 5 heteroatoms. The number of H-pyrrole nitrogens is 1. The SMILES string of the molecule is Cc1cn[nH]c1CN1CCC(CC(=O)N2CCCC2)CC1. The molecule has 1 aromatic heterocycles. The fraction of sp³-hybridized carbons (Fsp3) is 0.750. The molecule has 2 aliphatic heterocycles. The van der Waals surface area contributed by atoms with Gasteiger partial charge in [-0.05, 0) is 57.2 Å². The summed E-state index contributed by atoms with van der Waals surface area (Å²) in [6.45, 7) is 7.21. The number of aryl methyl sites for hydroxylation is 1. The van der Waals surface area contributed by atoms with E-state index in [-0.39, 0.29) is 0 Å². The maximum absolute atomic E-state index is 12.2. The van der Waals surface area contributed by atoms with E-state index in [2.05, 4.69) is 26.9 Å². The predicted molar refractivity (Wildman–Crippen MR) is 81.8 cm³/mol. The number of rotatable bonds is 4. The highest BCUT2D eigenvalue weighted by Gasteiger charge is 2.25. The molecule has 0 bridgehead atoms. The Bertz CT molecular complexity index is 470. The summed E-state index contributed by atoms with van der Waals surface area (Å²) in [5, 5.41) is 7.16. The van der Waals surface area contributed by atoms with Gasteiger partial charge in [0.1, 0.15) is 0 Å². The maximum atomic E-state index is 12.2.